The fourth-order valence-corrected chi connectivity index (χ4v) is 1.19. The predicted molar refractivity (Wildman–Crippen MR) is 52.3 cm³/mol. The molecule has 2 rings (SSSR count). The molecule has 1 fully saturated rings. The molecule has 1 aromatic heterocycles. The van der Waals surface area contributed by atoms with E-state index in [1.165, 1.54) is 0 Å². The molecule has 0 saturated heterocycles. The van der Waals surface area contributed by atoms with Crippen molar-refractivity contribution in [2.24, 2.45) is 5.73 Å². The van der Waals surface area contributed by atoms with Gasteiger partial charge in [-0.1, -0.05) is 0 Å². The summed E-state index contributed by atoms with van der Waals surface area (Å²) in [6, 6.07) is 1.84. The molecule has 0 radical (unpaired) electrons. The number of pyridine rings is 1. The number of nitrogens with zero attached hydrogens (tertiary/aromatic N) is 1. The van der Waals surface area contributed by atoms with Gasteiger partial charge in [-0.3, -0.25) is 4.98 Å². The van der Waals surface area contributed by atoms with E-state index in [2.05, 4.69) is 4.98 Å². The van der Waals surface area contributed by atoms with Crippen LogP contribution < -0.4 is 15.2 Å². The molecule has 4 nitrogen and oxygen atoms in total. The van der Waals surface area contributed by atoms with Crippen LogP contribution in [0.5, 0.6) is 11.5 Å². The predicted octanol–water partition coefficient (Wildman–Crippen LogP) is 1.09. The summed E-state index contributed by atoms with van der Waals surface area (Å²) in [6.07, 6.45) is 4.27. The fraction of sp³-hybridized carbons (Fsp3) is 0.500. The van der Waals surface area contributed by atoms with E-state index in [9.17, 15) is 0 Å². The Labute approximate surface area is 83.0 Å². The maximum atomic E-state index is 5.67. The second-order valence-corrected chi connectivity index (χ2v) is 3.35. The zero-order valence-electron chi connectivity index (χ0n) is 8.19. The zero-order valence-corrected chi connectivity index (χ0v) is 8.19. The molecule has 0 aliphatic heterocycles. The molecule has 0 spiro atoms. The molecule has 4 heteroatoms. The minimum absolute atomic E-state index is 0.358. The average molecular weight is 194 g/mol. The van der Waals surface area contributed by atoms with E-state index in [4.69, 9.17) is 15.2 Å². The maximum Gasteiger partial charge on any atom is 0.179 e. The van der Waals surface area contributed by atoms with Gasteiger partial charge in [-0.25, -0.2) is 0 Å². The standard InChI is InChI=1S/C10H14N2O2/c1-13-10-6-12-7(5-11)4-9(10)14-8-2-3-8/h4,6,8H,2-3,5,11H2,1H3. The van der Waals surface area contributed by atoms with Gasteiger partial charge in [0, 0.05) is 12.6 Å². The number of hydrogen-bond donors (Lipinski definition) is 1. The van der Waals surface area contributed by atoms with Gasteiger partial charge in [0.25, 0.3) is 0 Å². The SMILES string of the molecule is COc1cnc(CN)cc1OC1CC1. The Morgan fingerprint density at radius 3 is 2.86 bits per heavy atom. The highest BCUT2D eigenvalue weighted by Crippen LogP contribution is 2.33. The van der Waals surface area contributed by atoms with Crippen molar-refractivity contribution in [1.82, 2.24) is 4.98 Å². The van der Waals surface area contributed by atoms with Crippen LogP contribution in [0.4, 0.5) is 0 Å². The van der Waals surface area contributed by atoms with Crippen LogP contribution in [0, 0.1) is 0 Å². The monoisotopic (exact) mass is 194 g/mol. The van der Waals surface area contributed by atoms with Crippen LogP contribution in [-0.4, -0.2) is 18.2 Å². The molecule has 0 aromatic carbocycles. The third kappa shape index (κ3) is 1.96. The third-order valence-corrected chi connectivity index (χ3v) is 2.14. The van der Waals surface area contributed by atoms with Crippen LogP contribution in [0.2, 0.25) is 0 Å². The summed E-state index contributed by atoms with van der Waals surface area (Å²) in [5.41, 5.74) is 6.32. The summed E-state index contributed by atoms with van der Waals surface area (Å²) in [7, 11) is 1.61. The highest BCUT2D eigenvalue weighted by molar-refractivity contribution is 5.39. The lowest BCUT2D eigenvalue weighted by Gasteiger charge is -2.10. The second-order valence-electron chi connectivity index (χ2n) is 3.35. The second kappa shape index (κ2) is 3.84. The van der Waals surface area contributed by atoms with Crippen LogP contribution >= 0.6 is 0 Å². The van der Waals surface area contributed by atoms with Crippen LogP contribution in [-0.2, 0) is 6.54 Å². The molecular weight excluding hydrogens is 180 g/mol. The van der Waals surface area contributed by atoms with E-state index in [0.29, 0.717) is 18.4 Å². The number of nitrogens with two attached hydrogens (primary N) is 1. The molecule has 1 aromatic rings. The molecule has 0 bridgehead atoms. The van der Waals surface area contributed by atoms with Gasteiger partial charge in [0.15, 0.2) is 11.5 Å². The van der Waals surface area contributed by atoms with E-state index < -0.39 is 0 Å². The van der Waals surface area contributed by atoms with Crippen LogP contribution in [0.1, 0.15) is 18.5 Å². The van der Waals surface area contributed by atoms with Crippen LogP contribution in [0.3, 0.4) is 0 Å². The molecular formula is C10H14N2O2. The first-order valence-electron chi connectivity index (χ1n) is 4.73. The third-order valence-electron chi connectivity index (χ3n) is 2.14. The van der Waals surface area contributed by atoms with E-state index in [-0.39, 0.29) is 0 Å². The van der Waals surface area contributed by atoms with Crippen molar-refractivity contribution < 1.29 is 9.47 Å². The Balaban J connectivity index is 2.21. The Morgan fingerprint density at radius 2 is 2.29 bits per heavy atom. The molecule has 14 heavy (non-hydrogen) atoms. The maximum absolute atomic E-state index is 5.67. The number of rotatable bonds is 4. The van der Waals surface area contributed by atoms with Crippen molar-refractivity contribution in [3.63, 3.8) is 0 Å². The Hall–Kier alpha value is -1.29. The lowest BCUT2D eigenvalue weighted by molar-refractivity contribution is 0.281. The van der Waals surface area contributed by atoms with E-state index >= 15 is 0 Å². The number of aromatic nitrogens is 1. The first kappa shape index (κ1) is 9.27. The highest BCUT2D eigenvalue weighted by atomic mass is 16.5. The fourth-order valence-electron chi connectivity index (χ4n) is 1.19. The molecule has 1 saturated carbocycles. The van der Waals surface area contributed by atoms with Gasteiger partial charge < -0.3 is 15.2 Å². The van der Waals surface area contributed by atoms with Crippen molar-refractivity contribution in [1.29, 1.82) is 0 Å². The summed E-state index contributed by atoms with van der Waals surface area (Å²) in [5, 5.41) is 0. The number of methoxy groups -OCH3 is 1. The topological polar surface area (TPSA) is 57.4 Å². The lowest BCUT2D eigenvalue weighted by atomic mass is 10.3. The molecule has 76 valence electrons. The molecule has 1 aliphatic rings. The lowest BCUT2D eigenvalue weighted by Crippen LogP contribution is -2.03. The van der Waals surface area contributed by atoms with Crippen molar-refractivity contribution >= 4 is 0 Å². The summed E-state index contributed by atoms with van der Waals surface area (Å²) < 4.78 is 10.8. The van der Waals surface area contributed by atoms with Gasteiger partial charge in [0.2, 0.25) is 0 Å². The molecule has 1 aliphatic carbocycles. The average Bonchev–Trinajstić information content (AvgIpc) is 3.01. The Morgan fingerprint density at radius 1 is 1.50 bits per heavy atom. The summed E-state index contributed by atoms with van der Waals surface area (Å²) in [6.45, 7) is 0.422. The van der Waals surface area contributed by atoms with Crippen LogP contribution in [0.15, 0.2) is 12.3 Å². The number of hydrogen-bond acceptors (Lipinski definition) is 4. The molecule has 1 heterocycles. The van der Waals surface area contributed by atoms with Crippen molar-refractivity contribution in [3.8, 4) is 11.5 Å². The van der Waals surface area contributed by atoms with Gasteiger partial charge in [0.1, 0.15) is 0 Å². The summed E-state index contributed by atoms with van der Waals surface area (Å²) in [5.74, 6) is 1.43. The van der Waals surface area contributed by atoms with Gasteiger partial charge in [-0.15, -0.1) is 0 Å². The van der Waals surface area contributed by atoms with Gasteiger partial charge in [-0.2, -0.15) is 0 Å². The molecule has 0 unspecified atom stereocenters. The minimum atomic E-state index is 0.358. The van der Waals surface area contributed by atoms with E-state index in [1.54, 1.807) is 13.3 Å². The van der Waals surface area contributed by atoms with Gasteiger partial charge in [-0.05, 0) is 12.8 Å². The minimum Gasteiger partial charge on any atom is -0.491 e. The first-order chi connectivity index (χ1) is 6.83. The summed E-state index contributed by atoms with van der Waals surface area (Å²) >= 11 is 0. The Bertz CT molecular complexity index is 324. The Kier molecular flexibility index (Phi) is 2.54. The zero-order chi connectivity index (χ0) is 9.97. The highest BCUT2D eigenvalue weighted by Gasteiger charge is 2.25. The van der Waals surface area contributed by atoms with Gasteiger partial charge >= 0.3 is 0 Å². The van der Waals surface area contributed by atoms with Crippen molar-refractivity contribution in [3.05, 3.63) is 18.0 Å². The molecule has 0 amide bonds. The quantitative estimate of drug-likeness (QED) is 0.779. The van der Waals surface area contributed by atoms with E-state index in [1.807, 2.05) is 6.07 Å². The molecule has 2 N–H and O–H groups in total. The largest absolute Gasteiger partial charge is 0.491 e. The number of ether oxygens (including phenoxy) is 2. The summed E-state index contributed by atoms with van der Waals surface area (Å²) in [4.78, 5) is 4.13. The van der Waals surface area contributed by atoms with Gasteiger partial charge in [0.05, 0.1) is 25.1 Å². The van der Waals surface area contributed by atoms with E-state index in [0.717, 1.165) is 24.3 Å². The normalized spacial score (nSPS) is 15.3. The van der Waals surface area contributed by atoms with Crippen molar-refractivity contribution in [2.75, 3.05) is 7.11 Å². The first-order valence-corrected chi connectivity index (χ1v) is 4.73. The van der Waals surface area contributed by atoms with Crippen molar-refractivity contribution in [2.45, 2.75) is 25.5 Å². The smallest absolute Gasteiger partial charge is 0.179 e. The van der Waals surface area contributed by atoms with Crippen LogP contribution in [0.25, 0.3) is 0 Å². The molecule has 0 atom stereocenters.